The van der Waals surface area contributed by atoms with Crippen molar-refractivity contribution in [2.75, 3.05) is 13.1 Å². The Morgan fingerprint density at radius 2 is 2.07 bits per heavy atom. The molecule has 1 aliphatic rings. The minimum atomic E-state index is 0. The normalized spacial score (nSPS) is 17.9. The van der Waals surface area contributed by atoms with E-state index in [4.69, 9.17) is 0 Å². The maximum atomic E-state index is 4.29. The molecule has 4 heteroatoms. The molecule has 0 unspecified atom stereocenters. The van der Waals surface area contributed by atoms with Crippen molar-refractivity contribution in [2.24, 2.45) is 7.05 Å². The second-order valence-corrected chi connectivity index (χ2v) is 3.86. The highest BCUT2D eigenvalue weighted by molar-refractivity contribution is 5.85. The van der Waals surface area contributed by atoms with E-state index in [0.717, 1.165) is 13.1 Å². The van der Waals surface area contributed by atoms with Crippen molar-refractivity contribution >= 4 is 12.4 Å². The Bertz CT molecular complexity index is 270. The number of halogens is 1. The van der Waals surface area contributed by atoms with Gasteiger partial charge in [0.2, 0.25) is 0 Å². The summed E-state index contributed by atoms with van der Waals surface area (Å²) in [7, 11) is 2.05. The molecule has 0 bridgehead atoms. The highest BCUT2D eigenvalue weighted by Crippen LogP contribution is 2.26. The quantitative estimate of drug-likeness (QED) is 0.772. The van der Waals surface area contributed by atoms with Gasteiger partial charge in [-0.1, -0.05) is 0 Å². The van der Waals surface area contributed by atoms with E-state index in [0.29, 0.717) is 5.92 Å². The fraction of sp³-hybridized carbons (Fsp3) is 0.700. The summed E-state index contributed by atoms with van der Waals surface area (Å²) >= 11 is 0. The Balaban J connectivity index is 0.000000980. The summed E-state index contributed by atoms with van der Waals surface area (Å²) in [5.74, 6) is 0.716. The van der Waals surface area contributed by atoms with Gasteiger partial charge in [0.25, 0.3) is 0 Å². The predicted octanol–water partition coefficient (Wildman–Crippen LogP) is 1.62. The molecule has 3 nitrogen and oxygen atoms in total. The van der Waals surface area contributed by atoms with Crippen molar-refractivity contribution in [3.8, 4) is 0 Å². The van der Waals surface area contributed by atoms with Gasteiger partial charge in [0.1, 0.15) is 0 Å². The van der Waals surface area contributed by atoms with Crippen LogP contribution in [0.15, 0.2) is 6.20 Å². The van der Waals surface area contributed by atoms with Crippen LogP contribution < -0.4 is 5.32 Å². The average Bonchev–Trinajstić information content (AvgIpc) is 2.48. The van der Waals surface area contributed by atoms with E-state index in [2.05, 4.69) is 17.3 Å². The molecule has 1 aromatic rings. The van der Waals surface area contributed by atoms with Crippen molar-refractivity contribution in [1.29, 1.82) is 0 Å². The average molecular weight is 216 g/mol. The van der Waals surface area contributed by atoms with Crippen LogP contribution in [0.3, 0.4) is 0 Å². The first-order valence-corrected chi connectivity index (χ1v) is 4.98. The fourth-order valence-electron chi connectivity index (χ4n) is 2.24. The molecule has 1 saturated heterocycles. The van der Waals surface area contributed by atoms with Gasteiger partial charge in [-0.2, -0.15) is 5.10 Å². The monoisotopic (exact) mass is 215 g/mol. The smallest absolute Gasteiger partial charge is 0.0521 e. The number of aromatic nitrogens is 2. The summed E-state index contributed by atoms with van der Waals surface area (Å²) in [6, 6.07) is 0. The highest BCUT2D eigenvalue weighted by atomic mass is 35.5. The predicted molar refractivity (Wildman–Crippen MR) is 60.0 cm³/mol. The number of aryl methyl sites for hydroxylation is 2. The largest absolute Gasteiger partial charge is 0.317 e. The van der Waals surface area contributed by atoms with E-state index in [1.165, 1.54) is 24.1 Å². The van der Waals surface area contributed by atoms with Gasteiger partial charge in [0, 0.05) is 18.7 Å². The molecule has 1 aliphatic heterocycles. The van der Waals surface area contributed by atoms with Crippen molar-refractivity contribution in [3.05, 3.63) is 17.5 Å². The second-order valence-electron chi connectivity index (χ2n) is 3.86. The zero-order valence-corrected chi connectivity index (χ0v) is 9.60. The lowest BCUT2D eigenvalue weighted by atomic mass is 9.92. The Labute approximate surface area is 91.3 Å². The van der Waals surface area contributed by atoms with Crippen molar-refractivity contribution < 1.29 is 0 Å². The van der Waals surface area contributed by atoms with Crippen LogP contribution in [0.4, 0.5) is 0 Å². The highest BCUT2D eigenvalue weighted by Gasteiger charge is 2.19. The van der Waals surface area contributed by atoms with Crippen LogP contribution in [-0.4, -0.2) is 22.9 Å². The maximum Gasteiger partial charge on any atom is 0.0521 e. The number of nitrogens with one attached hydrogen (secondary N) is 1. The van der Waals surface area contributed by atoms with Crippen molar-refractivity contribution in [2.45, 2.75) is 25.7 Å². The Morgan fingerprint density at radius 1 is 1.43 bits per heavy atom. The van der Waals surface area contributed by atoms with E-state index >= 15 is 0 Å². The van der Waals surface area contributed by atoms with Gasteiger partial charge in [0.15, 0.2) is 0 Å². The fourth-order valence-corrected chi connectivity index (χ4v) is 2.24. The first kappa shape index (κ1) is 11.5. The number of hydrogen-bond acceptors (Lipinski definition) is 2. The molecule has 1 aromatic heterocycles. The lowest BCUT2D eigenvalue weighted by Crippen LogP contribution is -2.27. The minimum absolute atomic E-state index is 0. The molecule has 0 spiro atoms. The number of piperidine rings is 1. The first-order chi connectivity index (χ1) is 6.29. The molecule has 1 fully saturated rings. The lowest BCUT2D eigenvalue weighted by Gasteiger charge is -2.23. The Hall–Kier alpha value is -0.540. The van der Waals surface area contributed by atoms with Crippen LogP contribution in [0.25, 0.3) is 0 Å². The van der Waals surface area contributed by atoms with Gasteiger partial charge in [-0.15, -0.1) is 12.4 Å². The van der Waals surface area contributed by atoms with Gasteiger partial charge >= 0.3 is 0 Å². The molecule has 80 valence electrons. The van der Waals surface area contributed by atoms with E-state index in [9.17, 15) is 0 Å². The summed E-state index contributed by atoms with van der Waals surface area (Å²) in [6.07, 6.45) is 4.47. The van der Waals surface area contributed by atoms with Crippen LogP contribution in [0.1, 0.15) is 30.0 Å². The summed E-state index contributed by atoms with van der Waals surface area (Å²) in [6.45, 7) is 4.45. The van der Waals surface area contributed by atoms with Crippen LogP contribution in [-0.2, 0) is 7.05 Å². The molecule has 14 heavy (non-hydrogen) atoms. The molecule has 0 aromatic carbocycles. The second kappa shape index (κ2) is 4.80. The van der Waals surface area contributed by atoms with Crippen LogP contribution in [0.5, 0.6) is 0 Å². The zero-order valence-electron chi connectivity index (χ0n) is 8.79. The number of hydrogen-bond donors (Lipinski definition) is 1. The van der Waals surface area contributed by atoms with Gasteiger partial charge < -0.3 is 5.32 Å². The Kier molecular flexibility index (Phi) is 3.96. The molecule has 1 N–H and O–H groups in total. The summed E-state index contributed by atoms with van der Waals surface area (Å²) < 4.78 is 2.03. The van der Waals surface area contributed by atoms with Crippen LogP contribution >= 0.6 is 12.4 Å². The van der Waals surface area contributed by atoms with Gasteiger partial charge in [-0.05, 0) is 38.4 Å². The molecule has 0 saturated carbocycles. The number of rotatable bonds is 1. The van der Waals surface area contributed by atoms with E-state index in [1.807, 2.05) is 17.9 Å². The third-order valence-electron chi connectivity index (χ3n) is 2.90. The summed E-state index contributed by atoms with van der Waals surface area (Å²) in [5, 5.41) is 7.67. The van der Waals surface area contributed by atoms with Gasteiger partial charge in [-0.25, -0.2) is 0 Å². The molecular formula is C10H18ClN3. The molecule has 2 rings (SSSR count). The minimum Gasteiger partial charge on any atom is -0.317 e. The molecule has 0 amide bonds. The molecule has 2 heterocycles. The van der Waals surface area contributed by atoms with Gasteiger partial charge in [-0.3, -0.25) is 4.68 Å². The zero-order chi connectivity index (χ0) is 9.26. The van der Waals surface area contributed by atoms with Crippen LogP contribution in [0, 0.1) is 6.92 Å². The van der Waals surface area contributed by atoms with E-state index < -0.39 is 0 Å². The standard InChI is InChI=1S/C10H17N3.ClH/c1-8-7-12-13(2)10(8)9-3-5-11-6-4-9;/h7,9,11H,3-6H2,1-2H3;1H. The summed E-state index contributed by atoms with van der Waals surface area (Å²) in [4.78, 5) is 0. The third-order valence-corrected chi connectivity index (χ3v) is 2.90. The molecule has 0 radical (unpaired) electrons. The first-order valence-electron chi connectivity index (χ1n) is 4.98. The lowest BCUT2D eigenvalue weighted by molar-refractivity contribution is 0.438. The topological polar surface area (TPSA) is 29.9 Å². The van der Waals surface area contributed by atoms with E-state index in [1.54, 1.807) is 0 Å². The molecule has 0 atom stereocenters. The van der Waals surface area contributed by atoms with E-state index in [-0.39, 0.29) is 12.4 Å². The third kappa shape index (κ3) is 2.10. The van der Waals surface area contributed by atoms with Gasteiger partial charge in [0.05, 0.1) is 6.20 Å². The molecule has 0 aliphatic carbocycles. The van der Waals surface area contributed by atoms with Crippen LogP contribution in [0.2, 0.25) is 0 Å². The summed E-state index contributed by atoms with van der Waals surface area (Å²) in [5.41, 5.74) is 2.77. The van der Waals surface area contributed by atoms with Crippen molar-refractivity contribution in [1.82, 2.24) is 15.1 Å². The maximum absolute atomic E-state index is 4.29. The Morgan fingerprint density at radius 3 is 2.57 bits per heavy atom. The SMILES string of the molecule is Cc1cnn(C)c1C1CCNCC1.Cl. The van der Waals surface area contributed by atoms with Crippen molar-refractivity contribution in [3.63, 3.8) is 0 Å². The number of nitrogens with zero attached hydrogens (tertiary/aromatic N) is 2. The molecular weight excluding hydrogens is 198 g/mol.